The molecule has 2 rings (SSSR count). The van der Waals surface area contributed by atoms with Crippen molar-refractivity contribution in [3.8, 4) is 0 Å². The SMILES string of the molecule is CCN(CC)S(=O)(=O)c1ccc(NC(=O)COC(=O)c2cc([N+](=O)[O-])ccc2Cl)cc1. The van der Waals surface area contributed by atoms with Crippen LogP contribution >= 0.6 is 11.6 Å². The van der Waals surface area contributed by atoms with Gasteiger partial charge in [0.2, 0.25) is 10.0 Å². The highest BCUT2D eigenvalue weighted by molar-refractivity contribution is 7.89. The van der Waals surface area contributed by atoms with Gasteiger partial charge in [-0.05, 0) is 30.3 Å². The highest BCUT2D eigenvalue weighted by atomic mass is 35.5. The minimum atomic E-state index is -3.62. The number of hydrogen-bond donors (Lipinski definition) is 1. The predicted molar refractivity (Wildman–Crippen MR) is 114 cm³/mol. The maximum Gasteiger partial charge on any atom is 0.340 e. The van der Waals surface area contributed by atoms with Crippen LogP contribution in [0.25, 0.3) is 0 Å². The highest BCUT2D eigenvalue weighted by Crippen LogP contribution is 2.23. The molecule has 0 unspecified atom stereocenters. The van der Waals surface area contributed by atoms with E-state index in [9.17, 15) is 28.1 Å². The topological polar surface area (TPSA) is 136 Å². The molecule has 0 aliphatic rings. The Labute approximate surface area is 184 Å². The molecule has 0 radical (unpaired) electrons. The summed E-state index contributed by atoms with van der Waals surface area (Å²) < 4.78 is 31.1. The van der Waals surface area contributed by atoms with E-state index in [1.807, 2.05) is 0 Å². The number of non-ortho nitro benzene ring substituents is 1. The molecular weight excluding hydrogens is 450 g/mol. The van der Waals surface area contributed by atoms with Crippen LogP contribution in [-0.4, -0.2) is 49.2 Å². The lowest BCUT2D eigenvalue weighted by atomic mass is 10.2. The van der Waals surface area contributed by atoms with E-state index in [0.29, 0.717) is 18.8 Å². The molecule has 0 heterocycles. The molecule has 0 aromatic heterocycles. The van der Waals surface area contributed by atoms with Crippen LogP contribution in [0.2, 0.25) is 5.02 Å². The lowest BCUT2D eigenvalue weighted by Gasteiger charge is -2.18. The maximum atomic E-state index is 12.5. The lowest BCUT2D eigenvalue weighted by Crippen LogP contribution is -2.30. The summed E-state index contributed by atoms with van der Waals surface area (Å²) in [7, 11) is -3.62. The minimum Gasteiger partial charge on any atom is -0.452 e. The number of nitro groups is 1. The van der Waals surface area contributed by atoms with Crippen molar-refractivity contribution in [3.63, 3.8) is 0 Å². The number of halogens is 1. The Balaban J connectivity index is 2.00. The first-order valence-electron chi connectivity index (χ1n) is 9.11. The smallest absolute Gasteiger partial charge is 0.340 e. The van der Waals surface area contributed by atoms with E-state index < -0.39 is 33.4 Å². The molecule has 0 bridgehead atoms. The van der Waals surface area contributed by atoms with Crippen molar-refractivity contribution in [2.24, 2.45) is 0 Å². The number of anilines is 1. The first-order valence-corrected chi connectivity index (χ1v) is 10.9. The van der Waals surface area contributed by atoms with Gasteiger partial charge in [0.25, 0.3) is 11.6 Å². The summed E-state index contributed by atoms with van der Waals surface area (Å²) in [5, 5.41) is 13.2. The number of nitrogens with zero attached hydrogens (tertiary/aromatic N) is 2. The van der Waals surface area contributed by atoms with E-state index in [1.165, 1.54) is 34.6 Å². The number of nitrogens with one attached hydrogen (secondary N) is 1. The summed E-state index contributed by atoms with van der Waals surface area (Å²) in [4.78, 5) is 34.3. The Morgan fingerprint density at radius 3 is 2.29 bits per heavy atom. The van der Waals surface area contributed by atoms with Crippen LogP contribution in [0.1, 0.15) is 24.2 Å². The molecule has 1 amide bonds. The number of rotatable bonds is 9. The van der Waals surface area contributed by atoms with Crippen LogP contribution in [0.3, 0.4) is 0 Å². The number of ether oxygens (including phenoxy) is 1. The second kappa shape index (κ2) is 10.3. The van der Waals surface area contributed by atoms with Crippen molar-refractivity contribution in [2.45, 2.75) is 18.7 Å². The van der Waals surface area contributed by atoms with Crippen molar-refractivity contribution in [1.29, 1.82) is 0 Å². The van der Waals surface area contributed by atoms with Gasteiger partial charge in [-0.1, -0.05) is 25.4 Å². The van der Waals surface area contributed by atoms with E-state index in [4.69, 9.17) is 16.3 Å². The molecule has 0 saturated carbocycles. The number of benzene rings is 2. The van der Waals surface area contributed by atoms with Crippen LogP contribution in [0, 0.1) is 10.1 Å². The highest BCUT2D eigenvalue weighted by Gasteiger charge is 2.21. The Bertz CT molecular complexity index is 1080. The molecule has 12 heteroatoms. The molecule has 31 heavy (non-hydrogen) atoms. The molecule has 10 nitrogen and oxygen atoms in total. The number of esters is 1. The largest absolute Gasteiger partial charge is 0.452 e. The van der Waals surface area contributed by atoms with Gasteiger partial charge in [0.15, 0.2) is 6.61 Å². The van der Waals surface area contributed by atoms with Gasteiger partial charge in [0, 0.05) is 30.9 Å². The number of carbonyl (C=O) groups is 2. The molecule has 0 spiro atoms. The molecule has 0 saturated heterocycles. The van der Waals surface area contributed by atoms with Gasteiger partial charge in [-0.15, -0.1) is 0 Å². The van der Waals surface area contributed by atoms with Gasteiger partial charge >= 0.3 is 5.97 Å². The zero-order valence-corrected chi connectivity index (χ0v) is 18.3. The number of nitro benzene ring substituents is 1. The molecule has 0 aliphatic carbocycles. The summed E-state index contributed by atoms with van der Waals surface area (Å²) in [5.41, 5.74) is -0.289. The Kier molecular flexibility index (Phi) is 8.08. The fourth-order valence-corrected chi connectivity index (χ4v) is 4.26. The Morgan fingerprint density at radius 1 is 1.13 bits per heavy atom. The van der Waals surface area contributed by atoms with E-state index >= 15 is 0 Å². The van der Waals surface area contributed by atoms with Gasteiger partial charge in [-0.3, -0.25) is 14.9 Å². The standard InChI is InChI=1S/C19H20ClN3O7S/c1-3-22(4-2)31(28,29)15-8-5-13(6-9-15)21-18(24)12-30-19(25)16-11-14(23(26)27)7-10-17(16)20/h5-11H,3-4,12H2,1-2H3,(H,21,24). The third-order valence-electron chi connectivity index (χ3n) is 4.20. The van der Waals surface area contributed by atoms with E-state index in [1.54, 1.807) is 13.8 Å². The Morgan fingerprint density at radius 2 is 1.74 bits per heavy atom. The van der Waals surface area contributed by atoms with Gasteiger partial charge in [-0.2, -0.15) is 4.31 Å². The van der Waals surface area contributed by atoms with Crippen molar-refractivity contribution >= 4 is 44.9 Å². The monoisotopic (exact) mass is 469 g/mol. The summed E-state index contributed by atoms with van der Waals surface area (Å²) in [6.45, 7) is 3.46. The summed E-state index contributed by atoms with van der Waals surface area (Å²) in [6, 6.07) is 8.81. The number of hydrogen-bond acceptors (Lipinski definition) is 7. The summed E-state index contributed by atoms with van der Waals surface area (Å²) in [5.74, 6) is -1.68. The van der Waals surface area contributed by atoms with E-state index in [2.05, 4.69) is 5.32 Å². The van der Waals surface area contributed by atoms with Crippen LogP contribution in [0.4, 0.5) is 11.4 Å². The van der Waals surface area contributed by atoms with Gasteiger partial charge in [0.05, 0.1) is 20.4 Å². The van der Waals surface area contributed by atoms with Crippen molar-refractivity contribution in [2.75, 3.05) is 25.0 Å². The lowest BCUT2D eigenvalue weighted by molar-refractivity contribution is -0.384. The molecule has 0 aliphatic heterocycles. The molecular formula is C19H20ClN3O7S. The number of amides is 1. The zero-order valence-electron chi connectivity index (χ0n) is 16.7. The molecule has 0 fully saturated rings. The minimum absolute atomic E-state index is 0.0546. The van der Waals surface area contributed by atoms with Gasteiger partial charge in [0.1, 0.15) is 0 Å². The quantitative estimate of drug-likeness (QED) is 0.338. The first kappa shape index (κ1) is 24.3. The average molecular weight is 470 g/mol. The van der Waals surface area contributed by atoms with Gasteiger partial charge < -0.3 is 10.1 Å². The predicted octanol–water partition coefficient (Wildman–Crippen LogP) is 3.07. The van der Waals surface area contributed by atoms with Crippen molar-refractivity contribution in [1.82, 2.24) is 4.31 Å². The van der Waals surface area contributed by atoms with Crippen LogP contribution in [0.15, 0.2) is 47.4 Å². The fourth-order valence-electron chi connectivity index (χ4n) is 2.61. The number of sulfonamides is 1. The maximum absolute atomic E-state index is 12.5. The summed E-state index contributed by atoms with van der Waals surface area (Å²) >= 11 is 5.86. The van der Waals surface area contributed by atoms with Crippen LogP contribution < -0.4 is 5.32 Å². The third-order valence-corrected chi connectivity index (χ3v) is 6.59. The van der Waals surface area contributed by atoms with E-state index in [-0.39, 0.29) is 21.2 Å². The zero-order chi connectivity index (χ0) is 23.2. The second-order valence-corrected chi connectivity index (χ2v) is 8.50. The van der Waals surface area contributed by atoms with Crippen LogP contribution in [0.5, 0.6) is 0 Å². The molecule has 2 aromatic rings. The van der Waals surface area contributed by atoms with E-state index in [0.717, 1.165) is 12.1 Å². The third kappa shape index (κ3) is 6.00. The average Bonchev–Trinajstić information content (AvgIpc) is 2.73. The summed E-state index contributed by atoms with van der Waals surface area (Å²) in [6.07, 6.45) is 0. The molecule has 1 N–H and O–H groups in total. The molecule has 2 aromatic carbocycles. The fraction of sp³-hybridized carbons (Fsp3) is 0.263. The van der Waals surface area contributed by atoms with Crippen LogP contribution in [-0.2, 0) is 19.6 Å². The molecule has 0 atom stereocenters. The first-order chi connectivity index (χ1) is 14.6. The van der Waals surface area contributed by atoms with Gasteiger partial charge in [-0.25, -0.2) is 13.2 Å². The number of carbonyl (C=O) groups excluding carboxylic acids is 2. The normalized spacial score (nSPS) is 11.2. The Hall–Kier alpha value is -3.02. The van der Waals surface area contributed by atoms with Crippen molar-refractivity contribution < 1.29 is 27.7 Å². The molecule has 166 valence electrons. The second-order valence-electron chi connectivity index (χ2n) is 6.16. The van der Waals surface area contributed by atoms with Crippen molar-refractivity contribution in [3.05, 3.63) is 63.2 Å².